The van der Waals surface area contributed by atoms with E-state index in [1.54, 1.807) is 36.4 Å². The van der Waals surface area contributed by atoms with Crippen molar-refractivity contribution in [2.75, 3.05) is 5.32 Å². The molecule has 0 unspecified atom stereocenters. The highest BCUT2D eigenvalue weighted by atomic mass is 16.4. The van der Waals surface area contributed by atoms with Crippen molar-refractivity contribution < 1.29 is 24.3 Å². The van der Waals surface area contributed by atoms with Gasteiger partial charge in [-0.3, -0.25) is 19.2 Å². The Morgan fingerprint density at radius 1 is 0.889 bits per heavy atom. The second-order valence-corrected chi connectivity index (χ2v) is 8.42. The van der Waals surface area contributed by atoms with Gasteiger partial charge in [-0.15, -0.1) is 0 Å². The van der Waals surface area contributed by atoms with Crippen LogP contribution in [0.3, 0.4) is 0 Å². The van der Waals surface area contributed by atoms with E-state index in [-0.39, 0.29) is 22.4 Å². The van der Waals surface area contributed by atoms with Crippen molar-refractivity contribution in [1.29, 1.82) is 0 Å². The molecular weight excluding hydrogens is 462 g/mol. The number of carboxylic acid groups (broad SMARTS) is 1. The van der Waals surface area contributed by atoms with Gasteiger partial charge >= 0.3 is 5.97 Å². The summed E-state index contributed by atoms with van der Waals surface area (Å²) in [6.07, 6.45) is 1.12. The molecule has 0 saturated carbocycles. The first kappa shape index (κ1) is 22.7. The van der Waals surface area contributed by atoms with Gasteiger partial charge in [-0.2, -0.15) is 0 Å². The van der Waals surface area contributed by atoms with Crippen LogP contribution in [0.25, 0.3) is 22.0 Å². The third-order valence-corrected chi connectivity index (χ3v) is 6.11. The number of rotatable bonds is 5. The summed E-state index contributed by atoms with van der Waals surface area (Å²) in [5.41, 5.74) is 2.43. The molecule has 0 bridgehead atoms. The molecule has 5 rings (SSSR count). The van der Waals surface area contributed by atoms with Crippen LogP contribution in [0, 0.1) is 0 Å². The van der Waals surface area contributed by atoms with E-state index in [1.165, 1.54) is 19.1 Å². The normalized spacial score (nSPS) is 12.5. The molecule has 36 heavy (non-hydrogen) atoms. The smallest absolute Gasteiger partial charge is 0.341 e. The van der Waals surface area contributed by atoms with E-state index in [1.807, 2.05) is 12.1 Å². The monoisotopic (exact) mass is 481 g/mol. The van der Waals surface area contributed by atoms with E-state index < -0.39 is 34.8 Å². The van der Waals surface area contributed by atoms with E-state index >= 15 is 0 Å². The zero-order chi connectivity index (χ0) is 25.6. The highest BCUT2D eigenvalue weighted by Gasteiger charge is 2.27. The topological polar surface area (TPSA) is 145 Å². The average molecular weight is 481 g/mol. The van der Waals surface area contributed by atoms with Crippen LogP contribution in [0.5, 0.6) is 0 Å². The van der Waals surface area contributed by atoms with E-state index in [9.17, 15) is 24.0 Å². The molecule has 0 radical (unpaired) electrons. The number of carboxylic acids is 1. The number of hydrogen-bond donors (Lipinski definition) is 4. The van der Waals surface area contributed by atoms with Crippen LogP contribution in [0.2, 0.25) is 0 Å². The van der Waals surface area contributed by atoms with Crippen molar-refractivity contribution in [2.45, 2.75) is 13.0 Å². The second kappa shape index (κ2) is 8.62. The number of pyridine rings is 1. The molecule has 1 aromatic heterocycles. The van der Waals surface area contributed by atoms with Gasteiger partial charge in [0.05, 0.1) is 0 Å². The molecule has 0 saturated heterocycles. The Balaban J connectivity index is 1.31. The number of aromatic nitrogens is 1. The molecule has 1 aliphatic rings. The highest BCUT2D eigenvalue weighted by molar-refractivity contribution is 6.22. The summed E-state index contributed by atoms with van der Waals surface area (Å²) in [7, 11) is 0. The summed E-state index contributed by atoms with van der Waals surface area (Å²) in [4.78, 5) is 64.6. The second-order valence-electron chi connectivity index (χ2n) is 8.42. The lowest BCUT2D eigenvalue weighted by Crippen LogP contribution is -2.41. The first-order valence-electron chi connectivity index (χ1n) is 11.0. The maximum atomic E-state index is 12.8. The van der Waals surface area contributed by atoms with Crippen molar-refractivity contribution in [3.8, 4) is 11.1 Å². The maximum absolute atomic E-state index is 12.8. The Morgan fingerprint density at radius 2 is 1.61 bits per heavy atom. The van der Waals surface area contributed by atoms with Crippen molar-refractivity contribution in [3.05, 3.63) is 99.3 Å². The zero-order valence-electron chi connectivity index (χ0n) is 18.9. The van der Waals surface area contributed by atoms with Crippen LogP contribution in [0.4, 0.5) is 5.69 Å². The molecule has 0 spiro atoms. The Kier molecular flexibility index (Phi) is 5.44. The standard InChI is InChI=1S/C27H19N3O6/c1-13(25(33)30-15-7-9-22-20(11-15)24(32)21(12-28-22)27(35)36)29-26(34)14-6-8-17-16-4-2-3-5-18(16)23(31)19(17)10-14/h2-13H,1H3,(H,28,32)(H,29,34)(H,30,33)(H,35,36)/t13-/m0/s1. The molecular formula is C27H19N3O6. The quantitative estimate of drug-likeness (QED) is 0.303. The Labute approximate surface area is 203 Å². The first-order chi connectivity index (χ1) is 17.2. The van der Waals surface area contributed by atoms with E-state index in [0.29, 0.717) is 16.6 Å². The van der Waals surface area contributed by atoms with Crippen molar-refractivity contribution in [2.24, 2.45) is 0 Å². The molecule has 2 amide bonds. The van der Waals surface area contributed by atoms with Gasteiger partial charge < -0.3 is 20.7 Å². The predicted octanol–water partition coefficient (Wildman–Crippen LogP) is 3.19. The van der Waals surface area contributed by atoms with Gasteiger partial charge in [0.15, 0.2) is 5.78 Å². The van der Waals surface area contributed by atoms with Gasteiger partial charge in [-0.1, -0.05) is 30.3 Å². The van der Waals surface area contributed by atoms with Crippen LogP contribution in [0.1, 0.15) is 43.6 Å². The van der Waals surface area contributed by atoms with Crippen LogP contribution in [-0.2, 0) is 4.79 Å². The number of carbonyl (C=O) groups excluding carboxylic acids is 3. The number of amides is 2. The Hall–Kier alpha value is -5.05. The lowest BCUT2D eigenvalue weighted by molar-refractivity contribution is -0.117. The number of fused-ring (bicyclic) bond motifs is 4. The zero-order valence-corrected chi connectivity index (χ0v) is 18.9. The minimum Gasteiger partial charge on any atom is -0.477 e. The van der Waals surface area contributed by atoms with Crippen molar-refractivity contribution in [3.63, 3.8) is 0 Å². The largest absolute Gasteiger partial charge is 0.477 e. The van der Waals surface area contributed by atoms with E-state index in [2.05, 4.69) is 15.6 Å². The van der Waals surface area contributed by atoms with Crippen molar-refractivity contribution in [1.82, 2.24) is 10.3 Å². The molecule has 9 heteroatoms. The molecule has 3 aromatic carbocycles. The molecule has 1 aliphatic carbocycles. The van der Waals surface area contributed by atoms with Gasteiger partial charge in [0.2, 0.25) is 11.3 Å². The average Bonchev–Trinajstić information content (AvgIpc) is 3.15. The summed E-state index contributed by atoms with van der Waals surface area (Å²) in [5, 5.41) is 14.5. The van der Waals surface area contributed by atoms with Gasteiger partial charge in [0, 0.05) is 39.5 Å². The summed E-state index contributed by atoms with van der Waals surface area (Å²) >= 11 is 0. The molecule has 0 fully saturated rings. The molecule has 1 heterocycles. The number of H-pyrrole nitrogens is 1. The van der Waals surface area contributed by atoms with Crippen LogP contribution in [-0.4, -0.2) is 39.7 Å². The molecule has 9 nitrogen and oxygen atoms in total. The van der Waals surface area contributed by atoms with Crippen molar-refractivity contribution >= 4 is 40.2 Å². The molecule has 1 atom stereocenters. The number of carbonyl (C=O) groups is 4. The minimum atomic E-state index is -1.36. The summed E-state index contributed by atoms with van der Waals surface area (Å²) in [6, 6.07) is 15.6. The maximum Gasteiger partial charge on any atom is 0.341 e. The Morgan fingerprint density at radius 3 is 2.36 bits per heavy atom. The fourth-order valence-electron chi connectivity index (χ4n) is 4.22. The summed E-state index contributed by atoms with van der Waals surface area (Å²) < 4.78 is 0. The fourth-order valence-corrected chi connectivity index (χ4v) is 4.22. The number of nitrogens with one attached hydrogen (secondary N) is 3. The SMILES string of the molecule is C[C@H](NC(=O)c1ccc2c(c1)C(=O)c1ccccc1-2)C(=O)Nc1ccc2[nH]cc(C(=O)O)c(=O)c2c1. The van der Waals surface area contributed by atoms with E-state index in [0.717, 1.165) is 17.3 Å². The molecule has 178 valence electrons. The Bertz CT molecular complexity index is 1670. The number of benzene rings is 3. The highest BCUT2D eigenvalue weighted by Crippen LogP contribution is 2.36. The van der Waals surface area contributed by atoms with Crippen LogP contribution < -0.4 is 16.1 Å². The lowest BCUT2D eigenvalue weighted by atomic mass is 10.0. The number of ketones is 1. The number of aromatic carboxylic acids is 1. The predicted molar refractivity (Wildman–Crippen MR) is 132 cm³/mol. The van der Waals surface area contributed by atoms with E-state index in [4.69, 9.17) is 5.11 Å². The number of anilines is 1. The van der Waals surface area contributed by atoms with Gasteiger partial charge in [-0.05, 0) is 48.4 Å². The minimum absolute atomic E-state index is 0.105. The fraction of sp³-hybridized carbons (Fsp3) is 0.0741. The van der Waals surface area contributed by atoms with Crippen LogP contribution >= 0.6 is 0 Å². The molecule has 0 aliphatic heterocycles. The third kappa shape index (κ3) is 3.82. The molecule has 4 N–H and O–H groups in total. The lowest BCUT2D eigenvalue weighted by Gasteiger charge is -2.15. The first-order valence-corrected chi connectivity index (χ1v) is 11.0. The van der Waals surface area contributed by atoms with Gasteiger partial charge in [-0.25, -0.2) is 4.79 Å². The van der Waals surface area contributed by atoms with Gasteiger partial charge in [0.25, 0.3) is 5.91 Å². The number of hydrogen-bond acceptors (Lipinski definition) is 5. The summed E-state index contributed by atoms with van der Waals surface area (Å²) in [5.74, 6) is -2.58. The molecule has 4 aromatic rings. The van der Waals surface area contributed by atoms with Gasteiger partial charge in [0.1, 0.15) is 11.6 Å². The third-order valence-electron chi connectivity index (χ3n) is 6.11. The number of aromatic amines is 1. The summed E-state index contributed by atoms with van der Waals surface area (Å²) in [6.45, 7) is 1.50. The van der Waals surface area contributed by atoms with Crippen LogP contribution in [0.15, 0.2) is 71.7 Å².